The molecule has 2 atom stereocenters. The second-order valence-electron chi connectivity index (χ2n) is 3.90. The van der Waals surface area contributed by atoms with Gasteiger partial charge in [-0.1, -0.05) is 24.3 Å². The molecule has 0 radical (unpaired) electrons. The Hall–Kier alpha value is -1.35. The van der Waals surface area contributed by atoms with E-state index >= 15 is 0 Å². The van der Waals surface area contributed by atoms with Crippen LogP contribution >= 0.6 is 0 Å². The van der Waals surface area contributed by atoms with Gasteiger partial charge in [-0.05, 0) is 24.0 Å². The van der Waals surface area contributed by atoms with Crippen LogP contribution in [0, 0.1) is 0 Å². The van der Waals surface area contributed by atoms with Crippen molar-refractivity contribution >= 4 is 5.97 Å². The van der Waals surface area contributed by atoms with Crippen LogP contribution in [0.4, 0.5) is 0 Å². The number of hydrogen-bond acceptors (Lipinski definition) is 3. The van der Waals surface area contributed by atoms with Gasteiger partial charge in [-0.25, -0.2) is 0 Å². The van der Waals surface area contributed by atoms with E-state index in [0.717, 1.165) is 18.4 Å². The third-order valence-electron chi connectivity index (χ3n) is 3.02. The fraction of sp³-hybridized carbons (Fsp3) is 0.417. The summed E-state index contributed by atoms with van der Waals surface area (Å²) in [6, 6.07) is 7.83. The first-order valence-corrected chi connectivity index (χ1v) is 5.15. The predicted octanol–water partition coefficient (Wildman–Crippen LogP) is 1.22. The summed E-state index contributed by atoms with van der Waals surface area (Å²) >= 11 is 0. The molecule has 0 bridgehead atoms. The van der Waals surface area contributed by atoms with Crippen molar-refractivity contribution in [2.24, 2.45) is 5.73 Å². The van der Waals surface area contributed by atoms with Crippen molar-refractivity contribution in [3.05, 3.63) is 35.4 Å². The van der Waals surface area contributed by atoms with Crippen LogP contribution in [0.1, 0.15) is 23.5 Å². The topological polar surface area (TPSA) is 52.3 Å². The Morgan fingerprint density at radius 1 is 1.47 bits per heavy atom. The lowest BCUT2D eigenvalue weighted by atomic mass is 9.80. The Labute approximate surface area is 89.2 Å². The van der Waals surface area contributed by atoms with E-state index in [0.29, 0.717) is 0 Å². The van der Waals surface area contributed by atoms with Crippen LogP contribution < -0.4 is 5.73 Å². The zero-order chi connectivity index (χ0) is 10.8. The summed E-state index contributed by atoms with van der Waals surface area (Å²) in [5, 5.41) is 0. The first kappa shape index (κ1) is 10.2. The van der Waals surface area contributed by atoms with E-state index in [1.807, 2.05) is 18.2 Å². The maximum Gasteiger partial charge on any atom is 0.314 e. The van der Waals surface area contributed by atoms with E-state index in [1.54, 1.807) is 0 Å². The molecule has 3 nitrogen and oxygen atoms in total. The molecule has 1 aromatic carbocycles. The minimum atomic E-state index is -0.292. The first-order chi connectivity index (χ1) is 7.24. The average molecular weight is 205 g/mol. The van der Waals surface area contributed by atoms with Crippen LogP contribution in [-0.4, -0.2) is 19.1 Å². The molecular weight excluding hydrogens is 190 g/mol. The molecule has 0 fully saturated rings. The van der Waals surface area contributed by atoms with E-state index in [-0.39, 0.29) is 17.9 Å². The van der Waals surface area contributed by atoms with Gasteiger partial charge in [0.25, 0.3) is 0 Å². The van der Waals surface area contributed by atoms with Gasteiger partial charge in [-0.2, -0.15) is 0 Å². The van der Waals surface area contributed by atoms with Crippen LogP contribution in [0.15, 0.2) is 24.3 Å². The van der Waals surface area contributed by atoms with Crippen molar-refractivity contribution in [2.75, 3.05) is 7.11 Å². The van der Waals surface area contributed by atoms with E-state index in [9.17, 15) is 4.79 Å². The molecule has 80 valence electrons. The van der Waals surface area contributed by atoms with Gasteiger partial charge in [-0.15, -0.1) is 0 Å². The molecule has 15 heavy (non-hydrogen) atoms. The van der Waals surface area contributed by atoms with Crippen LogP contribution in [-0.2, 0) is 16.0 Å². The quantitative estimate of drug-likeness (QED) is 0.701. The van der Waals surface area contributed by atoms with E-state index < -0.39 is 0 Å². The second-order valence-corrected chi connectivity index (χ2v) is 3.90. The van der Waals surface area contributed by atoms with Gasteiger partial charge in [0.05, 0.1) is 13.0 Å². The molecule has 2 unspecified atom stereocenters. The highest BCUT2D eigenvalue weighted by atomic mass is 16.5. The molecule has 0 heterocycles. The molecule has 1 aliphatic carbocycles. The second kappa shape index (κ2) is 4.03. The molecule has 2 N–H and O–H groups in total. The molecular formula is C12H15NO2. The summed E-state index contributed by atoms with van der Waals surface area (Å²) in [4.78, 5) is 11.6. The van der Waals surface area contributed by atoms with Gasteiger partial charge in [0, 0.05) is 6.04 Å². The molecule has 0 saturated carbocycles. The number of methoxy groups -OCH3 is 1. The Morgan fingerprint density at radius 3 is 2.93 bits per heavy atom. The predicted molar refractivity (Wildman–Crippen MR) is 57.5 cm³/mol. The maximum atomic E-state index is 11.6. The zero-order valence-electron chi connectivity index (χ0n) is 8.77. The van der Waals surface area contributed by atoms with E-state index in [4.69, 9.17) is 10.5 Å². The first-order valence-electron chi connectivity index (χ1n) is 5.15. The van der Waals surface area contributed by atoms with Crippen molar-refractivity contribution in [1.29, 1.82) is 0 Å². The van der Waals surface area contributed by atoms with Gasteiger partial charge < -0.3 is 10.5 Å². The summed E-state index contributed by atoms with van der Waals surface area (Å²) in [6.45, 7) is 0. The highest BCUT2D eigenvalue weighted by Gasteiger charge is 2.33. The van der Waals surface area contributed by atoms with Gasteiger partial charge >= 0.3 is 5.97 Å². The molecule has 0 spiro atoms. The molecule has 1 aliphatic rings. The lowest BCUT2D eigenvalue weighted by molar-refractivity contribution is -0.143. The fourth-order valence-electron chi connectivity index (χ4n) is 2.21. The lowest BCUT2D eigenvalue weighted by Crippen LogP contribution is -2.38. The van der Waals surface area contributed by atoms with Crippen molar-refractivity contribution < 1.29 is 9.53 Å². The normalized spacial score (nSPS) is 24.4. The van der Waals surface area contributed by atoms with Crippen molar-refractivity contribution in [3.8, 4) is 0 Å². The van der Waals surface area contributed by atoms with Gasteiger partial charge in [0.2, 0.25) is 0 Å². The number of aryl methyl sites for hydroxylation is 1. The third-order valence-corrected chi connectivity index (χ3v) is 3.02. The number of rotatable bonds is 1. The van der Waals surface area contributed by atoms with Crippen molar-refractivity contribution in [1.82, 2.24) is 0 Å². The monoisotopic (exact) mass is 205 g/mol. The van der Waals surface area contributed by atoms with E-state index in [1.165, 1.54) is 12.7 Å². The maximum absolute atomic E-state index is 11.6. The molecule has 1 aromatic rings. The van der Waals surface area contributed by atoms with Crippen LogP contribution in [0.25, 0.3) is 0 Å². The number of hydrogen-bond donors (Lipinski definition) is 1. The lowest BCUT2D eigenvalue weighted by Gasteiger charge is -2.28. The van der Waals surface area contributed by atoms with Crippen molar-refractivity contribution in [3.63, 3.8) is 0 Å². The molecule has 0 aliphatic heterocycles. The number of ether oxygens (including phenoxy) is 1. The molecule has 0 amide bonds. The van der Waals surface area contributed by atoms with Crippen LogP contribution in [0.5, 0.6) is 0 Å². The number of carbonyl (C=O) groups is 1. The van der Waals surface area contributed by atoms with Gasteiger partial charge in [0.15, 0.2) is 0 Å². The number of fused-ring (bicyclic) bond motifs is 1. The molecule has 2 rings (SSSR count). The standard InChI is InChI=1S/C12H15NO2/c1-15-12(14)11-9-5-3-2-4-8(9)6-7-10(11)13/h2-5,10-11H,6-7,13H2,1H3. The summed E-state index contributed by atoms with van der Waals surface area (Å²) in [5.74, 6) is -0.519. The van der Waals surface area contributed by atoms with Gasteiger partial charge in [-0.3, -0.25) is 4.79 Å². The highest BCUT2D eigenvalue weighted by Crippen LogP contribution is 2.31. The smallest absolute Gasteiger partial charge is 0.314 e. The molecule has 0 aromatic heterocycles. The number of benzene rings is 1. The van der Waals surface area contributed by atoms with E-state index in [2.05, 4.69) is 6.07 Å². The highest BCUT2D eigenvalue weighted by molar-refractivity contribution is 5.80. The van der Waals surface area contributed by atoms with Gasteiger partial charge in [0.1, 0.15) is 0 Å². The summed E-state index contributed by atoms with van der Waals surface area (Å²) in [6.07, 6.45) is 1.79. The summed E-state index contributed by atoms with van der Waals surface area (Å²) in [7, 11) is 1.41. The largest absolute Gasteiger partial charge is 0.469 e. The average Bonchev–Trinajstić information content (AvgIpc) is 2.28. The van der Waals surface area contributed by atoms with Crippen LogP contribution in [0.3, 0.4) is 0 Å². The Kier molecular flexibility index (Phi) is 2.73. The SMILES string of the molecule is COC(=O)C1c2ccccc2CCC1N. The molecule has 3 heteroatoms. The van der Waals surface area contributed by atoms with Crippen molar-refractivity contribution in [2.45, 2.75) is 24.8 Å². The van der Waals surface area contributed by atoms with Crippen LogP contribution in [0.2, 0.25) is 0 Å². The Balaban J connectivity index is 2.41. The minimum absolute atomic E-state index is 0.118. The number of esters is 1. The Morgan fingerprint density at radius 2 is 2.20 bits per heavy atom. The number of nitrogens with two attached hydrogens (primary N) is 1. The zero-order valence-corrected chi connectivity index (χ0v) is 8.77. The fourth-order valence-corrected chi connectivity index (χ4v) is 2.21. The Bertz CT molecular complexity index is 376. The number of carbonyl (C=O) groups excluding carboxylic acids is 1. The third kappa shape index (κ3) is 1.75. The minimum Gasteiger partial charge on any atom is -0.469 e. The summed E-state index contributed by atoms with van der Waals surface area (Å²) in [5.41, 5.74) is 8.22. The molecule has 0 saturated heterocycles. The summed E-state index contributed by atoms with van der Waals surface area (Å²) < 4.78 is 4.80.